The summed E-state index contributed by atoms with van der Waals surface area (Å²) in [6, 6.07) is 0. The van der Waals surface area contributed by atoms with Gasteiger partial charge in [0.1, 0.15) is 16.7 Å². The summed E-state index contributed by atoms with van der Waals surface area (Å²) in [5.41, 5.74) is -0.189. The van der Waals surface area contributed by atoms with E-state index in [1.165, 1.54) is 6.33 Å². The number of nitrogens with zero attached hydrogens (tertiary/aromatic N) is 1. The average Bonchev–Trinajstić information content (AvgIpc) is 2.95. The van der Waals surface area contributed by atoms with Crippen molar-refractivity contribution in [3.05, 3.63) is 28.2 Å². The van der Waals surface area contributed by atoms with Crippen LogP contribution in [0.15, 0.2) is 15.5 Å². The highest BCUT2D eigenvalue weighted by molar-refractivity contribution is 6.00. The molecule has 0 amide bonds. The van der Waals surface area contributed by atoms with Gasteiger partial charge in [0.05, 0.1) is 6.33 Å². The molecule has 0 aliphatic heterocycles. The number of rotatable bonds is 2. The van der Waals surface area contributed by atoms with E-state index < -0.39 is 5.97 Å². The van der Waals surface area contributed by atoms with Gasteiger partial charge < -0.3 is 14.5 Å². The quantitative estimate of drug-likeness (QED) is 0.845. The minimum absolute atomic E-state index is 0.130. The summed E-state index contributed by atoms with van der Waals surface area (Å²) in [4.78, 5) is 29.3. The van der Waals surface area contributed by atoms with Gasteiger partial charge in [-0.3, -0.25) is 4.79 Å². The van der Waals surface area contributed by atoms with Crippen LogP contribution in [0.3, 0.4) is 0 Å². The Kier molecular flexibility index (Phi) is 2.43. The van der Waals surface area contributed by atoms with Crippen molar-refractivity contribution in [1.82, 2.24) is 9.97 Å². The maximum absolute atomic E-state index is 11.8. The second-order valence-corrected chi connectivity index (χ2v) is 4.54. The number of furan rings is 1. The first-order chi connectivity index (χ1) is 8.68. The van der Waals surface area contributed by atoms with Crippen LogP contribution in [0.5, 0.6) is 0 Å². The molecule has 1 fully saturated rings. The van der Waals surface area contributed by atoms with Gasteiger partial charge in [-0.1, -0.05) is 12.8 Å². The van der Waals surface area contributed by atoms with Crippen molar-refractivity contribution >= 4 is 16.9 Å². The molecule has 1 aliphatic carbocycles. The first-order valence-electron chi connectivity index (χ1n) is 5.92. The molecule has 2 aromatic rings. The molecular weight excluding hydrogens is 236 g/mol. The van der Waals surface area contributed by atoms with E-state index in [1.807, 2.05) is 0 Å². The van der Waals surface area contributed by atoms with E-state index in [0.29, 0.717) is 11.1 Å². The number of carboxylic acids is 1. The molecule has 0 aromatic carbocycles. The number of carboxylic acid groups (broad SMARTS) is 1. The third kappa shape index (κ3) is 1.53. The Morgan fingerprint density at radius 1 is 1.44 bits per heavy atom. The van der Waals surface area contributed by atoms with Crippen LogP contribution in [0.1, 0.15) is 47.9 Å². The number of aromatic nitrogens is 2. The fraction of sp³-hybridized carbons (Fsp3) is 0.417. The van der Waals surface area contributed by atoms with E-state index in [4.69, 9.17) is 9.52 Å². The molecule has 6 heteroatoms. The van der Waals surface area contributed by atoms with Gasteiger partial charge in [0.15, 0.2) is 0 Å². The second-order valence-electron chi connectivity index (χ2n) is 4.54. The van der Waals surface area contributed by atoms with Gasteiger partial charge in [0.2, 0.25) is 5.76 Å². The maximum Gasteiger partial charge on any atom is 0.374 e. The van der Waals surface area contributed by atoms with E-state index in [2.05, 4.69) is 9.97 Å². The molecule has 2 N–H and O–H groups in total. The van der Waals surface area contributed by atoms with Gasteiger partial charge in [-0.25, -0.2) is 9.78 Å². The van der Waals surface area contributed by atoms with Gasteiger partial charge in [0, 0.05) is 5.92 Å². The van der Waals surface area contributed by atoms with E-state index in [0.717, 1.165) is 25.7 Å². The van der Waals surface area contributed by atoms with Crippen molar-refractivity contribution in [3.63, 3.8) is 0 Å². The third-order valence-corrected chi connectivity index (χ3v) is 3.45. The minimum Gasteiger partial charge on any atom is -0.475 e. The number of H-pyrrole nitrogens is 1. The van der Waals surface area contributed by atoms with E-state index >= 15 is 0 Å². The van der Waals surface area contributed by atoms with Crippen LogP contribution >= 0.6 is 0 Å². The predicted molar refractivity (Wildman–Crippen MR) is 62.8 cm³/mol. The maximum atomic E-state index is 11.8. The van der Waals surface area contributed by atoms with Gasteiger partial charge in [-0.05, 0) is 12.8 Å². The van der Waals surface area contributed by atoms with Crippen LogP contribution in [0.2, 0.25) is 0 Å². The summed E-state index contributed by atoms with van der Waals surface area (Å²) in [5.74, 6) is -0.819. The number of aromatic amines is 1. The molecule has 6 nitrogen and oxygen atoms in total. The van der Waals surface area contributed by atoms with Gasteiger partial charge >= 0.3 is 5.97 Å². The Hall–Kier alpha value is -2.11. The molecule has 0 atom stereocenters. The highest BCUT2D eigenvalue weighted by Crippen LogP contribution is 2.38. The Bertz CT molecular complexity index is 664. The Morgan fingerprint density at radius 3 is 2.83 bits per heavy atom. The fourth-order valence-electron chi connectivity index (χ4n) is 2.63. The molecule has 3 rings (SSSR count). The van der Waals surface area contributed by atoms with Crippen LogP contribution in [-0.4, -0.2) is 21.0 Å². The van der Waals surface area contributed by atoms with Crippen LogP contribution in [0, 0.1) is 0 Å². The lowest BCUT2D eigenvalue weighted by Crippen LogP contribution is -2.08. The van der Waals surface area contributed by atoms with Gasteiger partial charge in [0.25, 0.3) is 5.56 Å². The van der Waals surface area contributed by atoms with Crippen molar-refractivity contribution in [2.45, 2.75) is 31.6 Å². The topological polar surface area (TPSA) is 96.2 Å². The first-order valence-corrected chi connectivity index (χ1v) is 5.92. The zero-order valence-electron chi connectivity index (χ0n) is 9.60. The molecule has 0 saturated heterocycles. The standard InChI is InChI=1S/C12H12N2O4/c15-11-7-8(13-5-14-11)10(12(16)17)18-9(7)6-3-1-2-4-6/h5-6H,1-4H2,(H,16,17)(H,13,14,15). The van der Waals surface area contributed by atoms with Crippen LogP contribution in [-0.2, 0) is 0 Å². The molecule has 18 heavy (non-hydrogen) atoms. The Labute approximate surface area is 102 Å². The van der Waals surface area contributed by atoms with Crippen LogP contribution in [0.4, 0.5) is 0 Å². The molecule has 0 spiro atoms. The molecular formula is C12H12N2O4. The molecule has 2 aromatic heterocycles. The van der Waals surface area contributed by atoms with Crippen molar-refractivity contribution in [2.75, 3.05) is 0 Å². The van der Waals surface area contributed by atoms with E-state index in [1.54, 1.807) is 0 Å². The van der Waals surface area contributed by atoms with Gasteiger partial charge in [-0.15, -0.1) is 0 Å². The highest BCUT2D eigenvalue weighted by Gasteiger charge is 2.28. The lowest BCUT2D eigenvalue weighted by Gasteiger charge is -2.04. The van der Waals surface area contributed by atoms with Crippen molar-refractivity contribution < 1.29 is 14.3 Å². The monoisotopic (exact) mass is 248 g/mol. The predicted octanol–water partition coefficient (Wildman–Crippen LogP) is 1.87. The number of fused-ring (bicyclic) bond motifs is 1. The van der Waals surface area contributed by atoms with E-state index in [9.17, 15) is 9.59 Å². The van der Waals surface area contributed by atoms with Crippen LogP contribution < -0.4 is 5.56 Å². The number of hydrogen-bond acceptors (Lipinski definition) is 4. The second kappa shape index (κ2) is 3.97. The van der Waals surface area contributed by atoms with Crippen molar-refractivity contribution in [3.8, 4) is 0 Å². The zero-order valence-corrected chi connectivity index (χ0v) is 9.60. The Balaban J connectivity index is 2.30. The summed E-state index contributed by atoms with van der Waals surface area (Å²) < 4.78 is 5.41. The van der Waals surface area contributed by atoms with Crippen LogP contribution in [0.25, 0.3) is 10.9 Å². The molecule has 0 unspecified atom stereocenters. The van der Waals surface area contributed by atoms with Gasteiger partial charge in [-0.2, -0.15) is 0 Å². The SMILES string of the molecule is O=C(O)c1oc(C2CCCC2)c2c(=O)[nH]cnc12. The largest absolute Gasteiger partial charge is 0.475 e. The first kappa shape index (κ1) is 11.0. The zero-order chi connectivity index (χ0) is 12.7. The lowest BCUT2D eigenvalue weighted by atomic mass is 10.0. The number of aromatic carboxylic acids is 1. The summed E-state index contributed by atoms with van der Waals surface area (Å²) >= 11 is 0. The molecule has 1 saturated carbocycles. The summed E-state index contributed by atoms with van der Waals surface area (Å²) in [6.45, 7) is 0. The number of nitrogens with one attached hydrogen (secondary N) is 1. The Morgan fingerprint density at radius 2 is 2.17 bits per heavy atom. The molecule has 0 bridgehead atoms. The number of hydrogen-bond donors (Lipinski definition) is 2. The average molecular weight is 248 g/mol. The van der Waals surface area contributed by atoms with Crippen molar-refractivity contribution in [2.24, 2.45) is 0 Å². The normalized spacial score (nSPS) is 16.4. The lowest BCUT2D eigenvalue weighted by molar-refractivity contribution is 0.0662. The third-order valence-electron chi connectivity index (χ3n) is 3.45. The highest BCUT2D eigenvalue weighted by atomic mass is 16.4. The molecule has 0 radical (unpaired) electrons. The van der Waals surface area contributed by atoms with Crippen molar-refractivity contribution in [1.29, 1.82) is 0 Å². The molecule has 94 valence electrons. The summed E-state index contributed by atoms with van der Waals surface area (Å²) in [7, 11) is 0. The molecule has 1 aliphatic rings. The summed E-state index contributed by atoms with van der Waals surface area (Å²) in [6.07, 6.45) is 5.21. The van der Waals surface area contributed by atoms with E-state index in [-0.39, 0.29) is 22.8 Å². The summed E-state index contributed by atoms with van der Waals surface area (Å²) in [5, 5.41) is 9.38. The minimum atomic E-state index is -1.19. The fourth-order valence-corrected chi connectivity index (χ4v) is 2.63. The smallest absolute Gasteiger partial charge is 0.374 e. The molecule has 2 heterocycles. The number of carbonyl (C=O) groups is 1.